The van der Waals surface area contributed by atoms with Crippen LogP contribution < -0.4 is 5.32 Å². The average molecular weight is 328 g/mol. The number of hydrogen-bond donors (Lipinski definition) is 1. The first-order chi connectivity index (χ1) is 9.08. The summed E-state index contributed by atoms with van der Waals surface area (Å²) in [5.74, 6) is 0. The third-order valence-electron chi connectivity index (χ3n) is 2.97. The Morgan fingerprint density at radius 3 is 2.58 bits per heavy atom. The molecule has 108 valence electrons. The molecule has 3 nitrogen and oxygen atoms in total. The second-order valence-electron chi connectivity index (χ2n) is 5.27. The van der Waals surface area contributed by atoms with Crippen molar-refractivity contribution >= 4 is 15.9 Å². The van der Waals surface area contributed by atoms with Gasteiger partial charge in [0.25, 0.3) is 0 Å². The molecule has 0 radical (unpaired) electrons. The van der Waals surface area contributed by atoms with Crippen LogP contribution in [0.15, 0.2) is 28.7 Å². The van der Waals surface area contributed by atoms with Crippen LogP contribution in [-0.2, 0) is 6.54 Å². The lowest BCUT2D eigenvalue weighted by Gasteiger charge is -2.17. The maximum atomic E-state index is 3.51. The van der Waals surface area contributed by atoms with Gasteiger partial charge in [0.1, 0.15) is 0 Å². The van der Waals surface area contributed by atoms with Gasteiger partial charge >= 0.3 is 0 Å². The molecule has 1 rings (SSSR count). The van der Waals surface area contributed by atoms with Gasteiger partial charge in [-0.15, -0.1) is 0 Å². The number of likely N-dealkylation sites (N-methyl/N-ethyl adjacent to an activating group) is 1. The summed E-state index contributed by atoms with van der Waals surface area (Å²) in [7, 11) is 6.40. The van der Waals surface area contributed by atoms with Crippen molar-refractivity contribution in [1.29, 1.82) is 0 Å². The summed E-state index contributed by atoms with van der Waals surface area (Å²) in [5, 5.41) is 3.49. The molecule has 0 aliphatic carbocycles. The number of rotatable bonds is 9. The van der Waals surface area contributed by atoms with Gasteiger partial charge in [-0.05, 0) is 58.3 Å². The molecule has 0 amide bonds. The fourth-order valence-corrected chi connectivity index (χ4v) is 2.39. The van der Waals surface area contributed by atoms with Crippen molar-refractivity contribution in [2.24, 2.45) is 0 Å². The standard InChI is InChI=1S/C15H26BrN3/c1-18(2)10-5-8-17-9-11-19(3)13-14-6-4-7-15(16)12-14/h4,6-7,12,17H,5,8-11,13H2,1-3H3. The molecule has 0 saturated carbocycles. The molecule has 1 N–H and O–H groups in total. The number of hydrogen-bond acceptors (Lipinski definition) is 3. The minimum absolute atomic E-state index is 0.999. The van der Waals surface area contributed by atoms with E-state index in [2.05, 4.69) is 76.5 Å². The van der Waals surface area contributed by atoms with Crippen LogP contribution in [0.3, 0.4) is 0 Å². The first kappa shape index (κ1) is 16.6. The SMILES string of the molecule is CN(C)CCCNCCN(C)Cc1cccc(Br)c1. The molecule has 0 fully saturated rings. The molecule has 1 aromatic carbocycles. The first-order valence-corrected chi connectivity index (χ1v) is 7.65. The monoisotopic (exact) mass is 327 g/mol. The minimum Gasteiger partial charge on any atom is -0.315 e. The van der Waals surface area contributed by atoms with E-state index in [9.17, 15) is 0 Å². The van der Waals surface area contributed by atoms with Gasteiger partial charge < -0.3 is 15.1 Å². The fraction of sp³-hybridized carbons (Fsp3) is 0.600. The third kappa shape index (κ3) is 8.37. The zero-order chi connectivity index (χ0) is 14.1. The van der Waals surface area contributed by atoms with Crippen LogP contribution in [0, 0.1) is 0 Å². The second-order valence-corrected chi connectivity index (χ2v) is 6.19. The van der Waals surface area contributed by atoms with Gasteiger partial charge in [0.2, 0.25) is 0 Å². The smallest absolute Gasteiger partial charge is 0.0231 e. The van der Waals surface area contributed by atoms with E-state index < -0.39 is 0 Å². The fourth-order valence-electron chi connectivity index (χ4n) is 1.94. The van der Waals surface area contributed by atoms with Gasteiger partial charge in [-0.2, -0.15) is 0 Å². The van der Waals surface area contributed by atoms with E-state index >= 15 is 0 Å². The lowest BCUT2D eigenvalue weighted by Crippen LogP contribution is -2.30. The van der Waals surface area contributed by atoms with Crippen LogP contribution in [0.4, 0.5) is 0 Å². The van der Waals surface area contributed by atoms with E-state index in [4.69, 9.17) is 0 Å². The molecule has 19 heavy (non-hydrogen) atoms. The number of nitrogens with zero attached hydrogens (tertiary/aromatic N) is 2. The Balaban J connectivity index is 2.09. The predicted octanol–water partition coefficient (Wildman–Crippen LogP) is 2.42. The molecule has 0 atom stereocenters. The van der Waals surface area contributed by atoms with Crippen LogP contribution in [0.25, 0.3) is 0 Å². The average Bonchev–Trinajstić information content (AvgIpc) is 2.33. The van der Waals surface area contributed by atoms with E-state index in [1.54, 1.807) is 0 Å². The van der Waals surface area contributed by atoms with Crippen LogP contribution in [-0.4, -0.2) is 57.1 Å². The van der Waals surface area contributed by atoms with Gasteiger partial charge in [0.15, 0.2) is 0 Å². The molecule has 4 heteroatoms. The quantitative estimate of drug-likeness (QED) is 0.703. The van der Waals surface area contributed by atoms with E-state index in [1.165, 1.54) is 12.0 Å². The highest BCUT2D eigenvalue weighted by Gasteiger charge is 2.00. The third-order valence-corrected chi connectivity index (χ3v) is 3.46. The Morgan fingerprint density at radius 2 is 1.89 bits per heavy atom. The number of benzene rings is 1. The largest absolute Gasteiger partial charge is 0.315 e. The van der Waals surface area contributed by atoms with Gasteiger partial charge in [-0.1, -0.05) is 28.1 Å². The number of halogens is 1. The summed E-state index contributed by atoms with van der Waals surface area (Å²) in [4.78, 5) is 4.57. The Kier molecular flexibility index (Phi) is 8.30. The summed E-state index contributed by atoms with van der Waals surface area (Å²) >= 11 is 3.51. The van der Waals surface area contributed by atoms with Crippen molar-refractivity contribution < 1.29 is 0 Å². The van der Waals surface area contributed by atoms with E-state index in [0.717, 1.165) is 37.2 Å². The lowest BCUT2D eigenvalue weighted by molar-refractivity contribution is 0.321. The summed E-state index contributed by atoms with van der Waals surface area (Å²) in [6.45, 7) is 5.38. The number of nitrogens with one attached hydrogen (secondary N) is 1. The Morgan fingerprint density at radius 1 is 1.11 bits per heavy atom. The summed E-state index contributed by atoms with van der Waals surface area (Å²) in [6, 6.07) is 8.51. The summed E-state index contributed by atoms with van der Waals surface area (Å²) in [5.41, 5.74) is 1.35. The Bertz CT molecular complexity index is 355. The zero-order valence-corrected chi connectivity index (χ0v) is 13.9. The maximum absolute atomic E-state index is 3.51. The topological polar surface area (TPSA) is 18.5 Å². The summed E-state index contributed by atoms with van der Waals surface area (Å²) in [6.07, 6.45) is 1.21. The van der Waals surface area contributed by atoms with Gasteiger partial charge in [0, 0.05) is 24.1 Å². The Labute approximate surface area is 126 Å². The van der Waals surface area contributed by atoms with E-state index in [0.29, 0.717) is 0 Å². The van der Waals surface area contributed by atoms with E-state index in [1.807, 2.05) is 0 Å². The second kappa shape index (κ2) is 9.48. The van der Waals surface area contributed by atoms with Crippen molar-refractivity contribution in [3.63, 3.8) is 0 Å². The maximum Gasteiger partial charge on any atom is 0.0231 e. The van der Waals surface area contributed by atoms with Gasteiger partial charge in [-0.25, -0.2) is 0 Å². The van der Waals surface area contributed by atoms with Crippen molar-refractivity contribution in [3.8, 4) is 0 Å². The van der Waals surface area contributed by atoms with Gasteiger partial charge in [0.05, 0.1) is 0 Å². The molecular formula is C15H26BrN3. The highest BCUT2D eigenvalue weighted by molar-refractivity contribution is 9.10. The van der Waals surface area contributed by atoms with Crippen LogP contribution in [0.2, 0.25) is 0 Å². The van der Waals surface area contributed by atoms with Crippen molar-refractivity contribution in [2.45, 2.75) is 13.0 Å². The molecule has 0 aromatic heterocycles. The zero-order valence-electron chi connectivity index (χ0n) is 12.3. The summed E-state index contributed by atoms with van der Waals surface area (Å²) < 4.78 is 1.15. The minimum atomic E-state index is 0.999. The Hall–Kier alpha value is -0.420. The molecular weight excluding hydrogens is 302 g/mol. The van der Waals surface area contributed by atoms with Crippen LogP contribution in [0.1, 0.15) is 12.0 Å². The predicted molar refractivity (Wildman–Crippen MR) is 86.5 cm³/mol. The lowest BCUT2D eigenvalue weighted by atomic mass is 10.2. The molecule has 1 aromatic rings. The van der Waals surface area contributed by atoms with Crippen LogP contribution in [0.5, 0.6) is 0 Å². The molecule has 0 bridgehead atoms. The van der Waals surface area contributed by atoms with E-state index in [-0.39, 0.29) is 0 Å². The first-order valence-electron chi connectivity index (χ1n) is 6.86. The molecule has 0 aliphatic heterocycles. The highest BCUT2D eigenvalue weighted by atomic mass is 79.9. The van der Waals surface area contributed by atoms with Crippen molar-refractivity contribution in [2.75, 3.05) is 47.3 Å². The molecule has 0 heterocycles. The molecule has 0 saturated heterocycles. The van der Waals surface area contributed by atoms with Gasteiger partial charge in [-0.3, -0.25) is 0 Å². The van der Waals surface area contributed by atoms with Crippen molar-refractivity contribution in [1.82, 2.24) is 15.1 Å². The normalized spacial score (nSPS) is 11.5. The molecule has 0 aliphatic rings. The molecule has 0 unspecified atom stereocenters. The van der Waals surface area contributed by atoms with Crippen LogP contribution >= 0.6 is 15.9 Å². The molecule has 0 spiro atoms. The van der Waals surface area contributed by atoms with Crippen molar-refractivity contribution in [3.05, 3.63) is 34.3 Å². The highest BCUT2D eigenvalue weighted by Crippen LogP contribution is 2.12.